The van der Waals surface area contributed by atoms with E-state index in [1.54, 1.807) is 0 Å². The summed E-state index contributed by atoms with van der Waals surface area (Å²) in [6.07, 6.45) is 6.14. The van der Waals surface area contributed by atoms with Crippen LogP contribution in [0.1, 0.15) is 38.5 Å². The van der Waals surface area contributed by atoms with Crippen LogP contribution in [0.3, 0.4) is 0 Å². The second-order valence-corrected chi connectivity index (χ2v) is 3.84. The Kier molecular flexibility index (Phi) is 5.35. The molecule has 0 spiro atoms. The minimum Gasteiger partial charge on any atom is -0.396 e. The maximum Gasteiger partial charge on any atom is 0.0693 e. The molecule has 1 rings (SSSR count). The maximum absolute atomic E-state index is 9.61. The van der Waals surface area contributed by atoms with Crippen LogP contribution in [0.5, 0.6) is 0 Å². The molecule has 3 nitrogen and oxygen atoms in total. The topological polar surface area (TPSA) is 52.5 Å². The molecule has 78 valence electrons. The van der Waals surface area contributed by atoms with Crippen LogP contribution in [0.2, 0.25) is 0 Å². The fraction of sp³-hybridized carbons (Fsp3) is 1.00. The maximum atomic E-state index is 9.61. The summed E-state index contributed by atoms with van der Waals surface area (Å²) in [5, 5.41) is 21.5. The molecule has 0 aliphatic heterocycles. The van der Waals surface area contributed by atoms with Crippen molar-refractivity contribution in [3.05, 3.63) is 0 Å². The Morgan fingerprint density at radius 1 is 1.15 bits per heavy atom. The smallest absolute Gasteiger partial charge is 0.0693 e. The van der Waals surface area contributed by atoms with Crippen molar-refractivity contribution in [1.82, 2.24) is 5.32 Å². The van der Waals surface area contributed by atoms with Crippen LogP contribution in [-0.2, 0) is 0 Å². The van der Waals surface area contributed by atoms with Crippen LogP contribution in [0.25, 0.3) is 0 Å². The summed E-state index contributed by atoms with van der Waals surface area (Å²) in [4.78, 5) is 0. The van der Waals surface area contributed by atoms with Crippen molar-refractivity contribution >= 4 is 0 Å². The minimum atomic E-state index is -0.150. The Labute approximate surface area is 80.2 Å². The van der Waals surface area contributed by atoms with Crippen molar-refractivity contribution in [2.75, 3.05) is 13.2 Å². The van der Waals surface area contributed by atoms with E-state index < -0.39 is 0 Å². The fourth-order valence-corrected chi connectivity index (χ4v) is 1.87. The Morgan fingerprint density at radius 2 is 1.92 bits per heavy atom. The lowest BCUT2D eigenvalue weighted by atomic mass is 9.92. The van der Waals surface area contributed by atoms with Crippen molar-refractivity contribution in [3.63, 3.8) is 0 Å². The van der Waals surface area contributed by atoms with E-state index in [1.165, 1.54) is 6.42 Å². The van der Waals surface area contributed by atoms with E-state index in [4.69, 9.17) is 5.11 Å². The van der Waals surface area contributed by atoms with Gasteiger partial charge in [-0.3, -0.25) is 0 Å². The summed E-state index contributed by atoms with van der Waals surface area (Å²) in [7, 11) is 0. The van der Waals surface area contributed by atoms with Crippen molar-refractivity contribution in [2.24, 2.45) is 0 Å². The van der Waals surface area contributed by atoms with Crippen LogP contribution in [0.4, 0.5) is 0 Å². The number of hydrogen-bond donors (Lipinski definition) is 3. The summed E-state index contributed by atoms with van der Waals surface area (Å²) >= 11 is 0. The molecule has 1 aliphatic rings. The van der Waals surface area contributed by atoms with Gasteiger partial charge < -0.3 is 15.5 Å². The summed E-state index contributed by atoms with van der Waals surface area (Å²) in [5.74, 6) is 0. The molecule has 1 aliphatic carbocycles. The highest BCUT2D eigenvalue weighted by Gasteiger charge is 2.21. The van der Waals surface area contributed by atoms with E-state index >= 15 is 0 Å². The lowest BCUT2D eigenvalue weighted by Crippen LogP contribution is -2.42. The second kappa shape index (κ2) is 6.35. The molecule has 1 fully saturated rings. The third-order valence-electron chi connectivity index (χ3n) is 2.72. The highest BCUT2D eigenvalue weighted by atomic mass is 16.3. The van der Waals surface area contributed by atoms with Gasteiger partial charge in [0, 0.05) is 12.6 Å². The molecular formula is C10H21NO2. The predicted octanol–water partition coefficient (Wildman–Crippen LogP) is 0.652. The first-order valence-corrected chi connectivity index (χ1v) is 5.37. The van der Waals surface area contributed by atoms with Crippen LogP contribution in [0.15, 0.2) is 0 Å². The van der Waals surface area contributed by atoms with E-state index in [9.17, 15) is 5.11 Å². The number of unbranched alkanes of at least 4 members (excludes halogenated alkanes) is 1. The number of nitrogens with one attached hydrogen (secondary N) is 1. The lowest BCUT2D eigenvalue weighted by Gasteiger charge is -2.28. The van der Waals surface area contributed by atoms with Crippen molar-refractivity contribution in [2.45, 2.75) is 50.7 Å². The molecule has 3 N–H and O–H groups in total. The van der Waals surface area contributed by atoms with Crippen molar-refractivity contribution in [3.8, 4) is 0 Å². The Morgan fingerprint density at radius 3 is 2.62 bits per heavy atom. The van der Waals surface area contributed by atoms with Gasteiger partial charge in [-0.05, 0) is 32.2 Å². The monoisotopic (exact) mass is 187 g/mol. The second-order valence-electron chi connectivity index (χ2n) is 3.84. The first-order valence-electron chi connectivity index (χ1n) is 5.37. The molecule has 1 saturated carbocycles. The van der Waals surface area contributed by atoms with Gasteiger partial charge in [0.1, 0.15) is 0 Å². The van der Waals surface area contributed by atoms with Crippen molar-refractivity contribution in [1.29, 1.82) is 0 Å². The van der Waals surface area contributed by atoms with E-state index in [1.807, 2.05) is 0 Å². The van der Waals surface area contributed by atoms with Gasteiger partial charge in [-0.2, -0.15) is 0 Å². The van der Waals surface area contributed by atoms with Gasteiger partial charge in [0.2, 0.25) is 0 Å². The molecule has 0 heterocycles. The summed E-state index contributed by atoms with van der Waals surface area (Å²) in [5.41, 5.74) is 0. The molecule has 0 bridgehead atoms. The van der Waals surface area contributed by atoms with Gasteiger partial charge >= 0.3 is 0 Å². The molecule has 0 radical (unpaired) electrons. The van der Waals surface area contributed by atoms with Crippen LogP contribution >= 0.6 is 0 Å². The Hall–Kier alpha value is -0.120. The lowest BCUT2D eigenvalue weighted by molar-refractivity contribution is 0.0907. The van der Waals surface area contributed by atoms with Gasteiger partial charge in [0.25, 0.3) is 0 Å². The zero-order valence-corrected chi connectivity index (χ0v) is 8.21. The quantitative estimate of drug-likeness (QED) is 0.554. The normalized spacial score (nSPS) is 29.1. The van der Waals surface area contributed by atoms with Crippen LogP contribution in [0, 0.1) is 0 Å². The zero-order chi connectivity index (χ0) is 9.52. The van der Waals surface area contributed by atoms with Gasteiger partial charge in [-0.25, -0.2) is 0 Å². The highest BCUT2D eigenvalue weighted by molar-refractivity contribution is 4.79. The first kappa shape index (κ1) is 11.0. The van der Waals surface area contributed by atoms with Crippen LogP contribution < -0.4 is 5.32 Å². The standard InChI is InChI=1S/C10H21NO2/c12-8-4-3-7-11-9-5-1-2-6-10(9)13/h9-13H,1-8H2/t9-,10-/m0/s1. The third-order valence-corrected chi connectivity index (χ3v) is 2.72. The molecular weight excluding hydrogens is 166 g/mol. The van der Waals surface area contributed by atoms with Gasteiger partial charge in [0.05, 0.1) is 6.10 Å². The fourth-order valence-electron chi connectivity index (χ4n) is 1.87. The Balaban J connectivity index is 2.05. The van der Waals surface area contributed by atoms with Gasteiger partial charge in [-0.15, -0.1) is 0 Å². The molecule has 2 atom stereocenters. The van der Waals surface area contributed by atoms with E-state index in [0.717, 1.165) is 38.6 Å². The third kappa shape index (κ3) is 4.07. The van der Waals surface area contributed by atoms with Gasteiger partial charge in [0.15, 0.2) is 0 Å². The average Bonchev–Trinajstić information content (AvgIpc) is 2.15. The van der Waals surface area contributed by atoms with E-state index in [0.29, 0.717) is 6.04 Å². The zero-order valence-electron chi connectivity index (χ0n) is 8.21. The first-order chi connectivity index (χ1) is 6.34. The molecule has 0 amide bonds. The van der Waals surface area contributed by atoms with E-state index in [-0.39, 0.29) is 12.7 Å². The molecule has 13 heavy (non-hydrogen) atoms. The van der Waals surface area contributed by atoms with Gasteiger partial charge in [-0.1, -0.05) is 12.8 Å². The molecule has 0 saturated heterocycles. The minimum absolute atomic E-state index is 0.150. The summed E-state index contributed by atoms with van der Waals surface area (Å²) < 4.78 is 0. The SMILES string of the molecule is OCCCCN[C@H]1CCCC[C@@H]1O. The summed E-state index contributed by atoms with van der Waals surface area (Å²) in [6, 6.07) is 0.299. The molecule has 0 aromatic rings. The molecule has 3 heteroatoms. The largest absolute Gasteiger partial charge is 0.396 e. The Bertz CT molecular complexity index is 130. The highest BCUT2D eigenvalue weighted by Crippen LogP contribution is 2.18. The number of rotatable bonds is 5. The average molecular weight is 187 g/mol. The number of aliphatic hydroxyl groups is 2. The molecule has 0 aromatic carbocycles. The van der Waals surface area contributed by atoms with E-state index in [2.05, 4.69) is 5.32 Å². The summed E-state index contributed by atoms with van der Waals surface area (Å²) in [6.45, 7) is 1.19. The number of hydrogen-bond acceptors (Lipinski definition) is 3. The number of aliphatic hydroxyl groups excluding tert-OH is 2. The molecule has 0 aromatic heterocycles. The molecule has 0 unspecified atom stereocenters. The predicted molar refractivity (Wildman–Crippen MR) is 52.6 cm³/mol. The van der Waals surface area contributed by atoms with Crippen LogP contribution in [-0.4, -0.2) is 35.5 Å². The van der Waals surface area contributed by atoms with Crippen molar-refractivity contribution < 1.29 is 10.2 Å².